The first-order chi connectivity index (χ1) is 10.0. The van der Waals surface area contributed by atoms with Crippen molar-refractivity contribution in [3.05, 3.63) is 51.4 Å². The van der Waals surface area contributed by atoms with Crippen molar-refractivity contribution in [3.63, 3.8) is 0 Å². The number of halogens is 1. The van der Waals surface area contributed by atoms with Gasteiger partial charge in [-0.05, 0) is 29.6 Å². The fourth-order valence-corrected chi connectivity index (χ4v) is 3.26. The number of methoxy groups -OCH3 is 1. The largest absolute Gasteiger partial charge is 0.465 e. The average molecular weight is 322 g/mol. The number of esters is 1. The lowest BCUT2D eigenvalue weighted by Gasteiger charge is -2.11. The Hall–Kier alpha value is -2.18. The topological polar surface area (TPSA) is 63.7 Å². The molecule has 21 heavy (non-hydrogen) atoms. The third-order valence-corrected chi connectivity index (χ3v) is 4.42. The zero-order valence-electron chi connectivity index (χ0n) is 10.8. The highest BCUT2D eigenvalue weighted by Gasteiger charge is 2.38. The van der Waals surface area contributed by atoms with Crippen LogP contribution in [0.1, 0.15) is 31.1 Å². The van der Waals surface area contributed by atoms with Crippen molar-refractivity contribution >= 4 is 45.7 Å². The first-order valence-electron chi connectivity index (χ1n) is 5.88. The molecule has 2 heterocycles. The van der Waals surface area contributed by atoms with Gasteiger partial charge in [-0.15, -0.1) is 11.3 Å². The second-order valence-corrected chi connectivity index (χ2v) is 5.57. The van der Waals surface area contributed by atoms with Crippen molar-refractivity contribution in [1.82, 2.24) is 0 Å². The van der Waals surface area contributed by atoms with E-state index in [9.17, 15) is 14.4 Å². The summed E-state index contributed by atoms with van der Waals surface area (Å²) in [5.41, 5.74) is 0.640. The fraction of sp³-hybridized carbons (Fsp3) is 0.0714. The molecule has 0 radical (unpaired) electrons. The van der Waals surface area contributed by atoms with Gasteiger partial charge in [-0.3, -0.25) is 9.59 Å². The number of fused-ring (bicyclic) bond motifs is 1. The van der Waals surface area contributed by atoms with Gasteiger partial charge in [0.2, 0.25) is 0 Å². The Labute approximate surface area is 128 Å². The molecular weight excluding hydrogens is 314 g/mol. The first kappa shape index (κ1) is 13.8. The summed E-state index contributed by atoms with van der Waals surface area (Å²) in [6.45, 7) is 0. The zero-order valence-corrected chi connectivity index (χ0v) is 12.3. The lowest BCUT2D eigenvalue weighted by atomic mass is 10.1. The molecule has 1 aliphatic rings. The standard InChI is InChI=1S/C14H8ClNO4S/c1-20-14(19)7-2-3-8-9(6-7)12(18)16(11(8)17)13-10(15)4-5-21-13/h2-6H,1H3. The van der Waals surface area contributed by atoms with Crippen LogP contribution in [0.2, 0.25) is 5.02 Å². The molecule has 0 fully saturated rings. The first-order valence-corrected chi connectivity index (χ1v) is 7.14. The van der Waals surface area contributed by atoms with Crippen molar-refractivity contribution < 1.29 is 19.1 Å². The predicted molar refractivity (Wildman–Crippen MR) is 78.3 cm³/mol. The molecule has 0 saturated heterocycles. The van der Waals surface area contributed by atoms with E-state index in [4.69, 9.17) is 11.6 Å². The lowest BCUT2D eigenvalue weighted by Crippen LogP contribution is -2.28. The molecule has 2 aromatic rings. The van der Waals surface area contributed by atoms with Gasteiger partial charge in [0, 0.05) is 0 Å². The lowest BCUT2D eigenvalue weighted by molar-refractivity contribution is 0.0600. The summed E-state index contributed by atoms with van der Waals surface area (Å²) in [7, 11) is 1.25. The molecule has 0 bridgehead atoms. The Balaban J connectivity index is 2.09. The molecule has 0 spiro atoms. The summed E-state index contributed by atoms with van der Waals surface area (Å²) in [6.07, 6.45) is 0. The van der Waals surface area contributed by atoms with Crippen LogP contribution in [0.4, 0.5) is 5.00 Å². The minimum Gasteiger partial charge on any atom is -0.465 e. The van der Waals surface area contributed by atoms with E-state index in [-0.39, 0.29) is 16.7 Å². The summed E-state index contributed by atoms with van der Waals surface area (Å²) < 4.78 is 4.61. The quantitative estimate of drug-likeness (QED) is 0.630. The summed E-state index contributed by atoms with van der Waals surface area (Å²) >= 11 is 7.19. The maximum absolute atomic E-state index is 12.4. The zero-order chi connectivity index (χ0) is 15.1. The Kier molecular flexibility index (Phi) is 3.27. The molecule has 3 rings (SSSR count). The number of imide groups is 1. The molecule has 0 unspecified atom stereocenters. The molecular formula is C14H8ClNO4S. The van der Waals surface area contributed by atoms with Crippen LogP contribution in [-0.4, -0.2) is 24.9 Å². The van der Waals surface area contributed by atoms with Crippen LogP contribution in [0.3, 0.4) is 0 Å². The van der Waals surface area contributed by atoms with E-state index in [1.165, 1.54) is 36.6 Å². The van der Waals surface area contributed by atoms with Gasteiger partial charge in [0.25, 0.3) is 11.8 Å². The molecule has 2 amide bonds. The Bertz CT molecular complexity index is 783. The maximum atomic E-state index is 12.4. The highest BCUT2D eigenvalue weighted by atomic mass is 35.5. The molecule has 106 valence electrons. The number of ether oxygens (including phenoxy) is 1. The summed E-state index contributed by atoms with van der Waals surface area (Å²) in [5, 5.41) is 2.41. The second-order valence-electron chi connectivity index (χ2n) is 4.27. The Morgan fingerprint density at radius 2 is 1.90 bits per heavy atom. The van der Waals surface area contributed by atoms with Crippen LogP contribution < -0.4 is 4.90 Å². The van der Waals surface area contributed by atoms with Gasteiger partial charge in [0.1, 0.15) is 5.00 Å². The summed E-state index contributed by atoms with van der Waals surface area (Å²) in [4.78, 5) is 37.3. The highest BCUT2D eigenvalue weighted by Crippen LogP contribution is 2.37. The molecule has 7 heteroatoms. The van der Waals surface area contributed by atoms with Gasteiger partial charge in [0.15, 0.2) is 0 Å². The molecule has 0 N–H and O–H groups in total. The number of amides is 2. The number of carbonyl (C=O) groups is 3. The highest BCUT2D eigenvalue weighted by molar-refractivity contribution is 7.15. The van der Waals surface area contributed by atoms with Gasteiger partial charge in [0.05, 0.1) is 28.8 Å². The molecule has 5 nitrogen and oxygen atoms in total. The molecule has 1 aromatic heterocycles. The molecule has 0 atom stereocenters. The minimum atomic E-state index is -0.564. The van der Waals surface area contributed by atoms with Crippen molar-refractivity contribution in [2.45, 2.75) is 0 Å². The Morgan fingerprint density at radius 1 is 1.19 bits per heavy atom. The fourth-order valence-electron chi connectivity index (χ4n) is 2.12. The van der Waals surface area contributed by atoms with Crippen molar-refractivity contribution in [1.29, 1.82) is 0 Å². The van der Waals surface area contributed by atoms with E-state index < -0.39 is 17.8 Å². The van der Waals surface area contributed by atoms with E-state index in [1.807, 2.05) is 0 Å². The minimum absolute atomic E-state index is 0.173. The van der Waals surface area contributed by atoms with Crippen LogP contribution in [0.5, 0.6) is 0 Å². The van der Waals surface area contributed by atoms with Gasteiger partial charge in [-0.2, -0.15) is 0 Å². The summed E-state index contributed by atoms with van der Waals surface area (Å²) in [5.74, 6) is -1.51. The van der Waals surface area contributed by atoms with Gasteiger partial charge < -0.3 is 4.74 Å². The molecule has 1 aliphatic heterocycles. The van der Waals surface area contributed by atoms with Crippen molar-refractivity contribution in [2.75, 3.05) is 12.0 Å². The third-order valence-electron chi connectivity index (χ3n) is 3.11. The number of benzene rings is 1. The van der Waals surface area contributed by atoms with Gasteiger partial charge in [-0.1, -0.05) is 11.6 Å². The van der Waals surface area contributed by atoms with Crippen LogP contribution in [0.15, 0.2) is 29.6 Å². The van der Waals surface area contributed by atoms with E-state index in [1.54, 1.807) is 11.4 Å². The SMILES string of the molecule is COC(=O)c1ccc2c(c1)C(=O)N(c1sccc1Cl)C2=O. The van der Waals surface area contributed by atoms with Crippen molar-refractivity contribution in [2.24, 2.45) is 0 Å². The number of rotatable bonds is 2. The van der Waals surface area contributed by atoms with E-state index >= 15 is 0 Å². The van der Waals surface area contributed by atoms with Crippen LogP contribution in [-0.2, 0) is 4.74 Å². The van der Waals surface area contributed by atoms with Crippen molar-refractivity contribution in [3.8, 4) is 0 Å². The number of carbonyl (C=O) groups excluding carboxylic acids is 3. The van der Waals surface area contributed by atoms with E-state index in [0.717, 1.165) is 4.90 Å². The van der Waals surface area contributed by atoms with Gasteiger partial charge >= 0.3 is 5.97 Å². The average Bonchev–Trinajstić information content (AvgIpc) is 3.01. The number of hydrogen-bond donors (Lipinski definition) is 0. The van der Waals surface area contributed by atoms with E-state index in [2.05, 4.69) is 4.74 Å². The number of thiophene rings is 1. The molecule has 0 saturated carbocycles. The third kappa shape index (κ3) is 2.03. The summed E-state index contributed by atoms with van der Waals surface area (Å²) in [6, 6.07) is 5.88. The molecule has 0 aliphatic carbocycles. The normalized spacial score (nSPS) is 13.5. The van der Waals surface area contributed by atoms with Crippen LogP contribution >= 0.6 is 22.9 Å². The number of anilines is 1. The molecule has 1 aromatic carbocycles. The number of nitrogens with zero attached hydrogens (tertiary/aromatic N) is 1. The Morgan fingerprint density at radius 3 is 2.52 bits per heavy atom. The van der Waals surface area contributed by atoms with Crippen LogP contribution in [0, 0.1) is 0 Å². The smallest absolute Gasteiger partial charge is 0.337 e. The second kappa shape index (κ2) is 4.98. The van der Waals surface area contributed by atoms with E-state index in [0.29, 0.717) is 10.0 Å². The predicted octanol–water partition coefficient (Wildman–Crippen LogP) is 2.99. The monoisotopic (exact) mass is 321 g/mol. The number of hydrogen-bond acceptors (Lipinski definition) is 5. The van der Waals surface area contributed by atoms with Crippen LogP contribution in [0.25, 0.3) is 0 Å². The maximum Gasteiger partial charge on any atom is 0.337 e. The van der Waals surface area contributed by atoms with Gasteiger partial charge in [-0.25, -0.2) is 9.69 Å².